The van der Waals surface area contributed by atoms with Crippen LogP contribution in [0.2, 0.25) is 0 Å². The van der Waals surface area contributed by atoms with Gasteiger partial charge in [0.25, 0.3) is 0 Å². The quantitative estimate of drug-likeness (QED) is 0.820. The molecule has 0 radical (unpaired) electrons. The summed E-state index contributed by atoms with van der Waals surface area (Å²) in [5.41, 5.74) is 0.626. The lowest BCUT2D eigenvalue weighted by Gasteiger charge is -2.12. The van der Waals surface area contributed by atoms with Gasteiger partial charge < -0.3 is 5.11 Å². The monoisotopic (exact) mass is 374 g/mol. The van der Waals surface area contributed by atoms with Crippen molar-refractivity contribution in [3.05, 3.63) is 46.1 Å². The van der Waals surface area contributed by atoms with Gasteiger partial charge in [-0.3, -0.25) is 0 Å². The molecule has 0 unspecified atom stereocenters. The number of aromatic nitrogens is 1. The average Bonchev–Trinajstić information content (AvgIpc) is 3.22. The van der Waals surface area contributed by atoms with Gasteiger partial charge in [0.2, 0.25) is 11.7 Å². The second-order valence-corrected chi connectivity index (χ2v) is 7.10. The normalized spacial score (nSPS) is 18.4. The number of hydrogen-bond donors (Lipinski definition) is 1. The fourth-order valence-electron chi connectivity index (χ4n) is 3.72. The van der Waals surface area contributed by atoms with E-state index >= 15 is 0 Å². The Morgan fingerprint density at radius 3 is 2.59 bits per heavy atom. The molecule has 0 amide bonds. The van der Waals surface area contributed by atoms with E-state index < -0.39 is 17.5 Å². The molecule has 1 aromatic carbocycles. The summed E-state index contributed by atoms with van der Waals surface area (Å²) in [5.74, 6) is 0.0751. The fraction of sp³-hybridized carbons (Fsp3) is 0.350. The molecule has 0 saturated heterocycles. The zero-order chi connectivity index (χ0) is 19.2. The van der Waals surface area contributed by atoms with Crippen LogP contribution in [0.4, 0.5) is 13.2 Å². The number of pyridine rings is 1. The largest absolute Gasteiger partial charge is 0.507 e. The van der Waals surface area contributed by atoms with Gasteiger partial charge in [-0.2, -0.15) is 13.2 Å². The summed E-state index contributed by atoms with van der Waals surface area (Å²) in [4.78, 5) is 4.46. The number of benzene rings is 1. The number of fused-ring (bicyclic) bond motifs is 1. The Bertz CT molecular complexity index is 1030. The van der Waals surface area contributed by atoms with Gasteiger partial charge >= 0.3 is 6.18 Å². The van der Waals surface area contributed by atoms with Crippen molar-refractivity contribution in [3.8, 4) is 17.0 Å². The van der Waals surface area contributed by atoms with E-state index in [1.807, 2.05) is 12.3 Å². The maximum absolute atomic E-state index is 12.9. The van der Waals surface area contributed by atoms with Gasteiger partial charge in [0.05, 0.1) is 16.5 Å². The summed E-state index contributed by atoms with van der Waals surface area (Å²) in [7, 11) is 0. The van der Waals surface area contributed by atoms with Crippen LogP contribution in [0, 0.1) is 12.8 Å². The van der Waals surface area contributed by atoms with Crippen LogP contribution in [0.25, 0.3) is 17.5 Å². The van der Waals surface area contributed by atoms with E-state index in [4.69, 9.17) is 0 Å². The van der Waals surface area contributed by atoms with Gasteiger partial charge in [0.1, 0.15) is 5.75 Å². The number of alkyl halides is 3. The third-order valence-corrected chi connectivity index (χ3v) is 5.05. The van der Waals surface area contributed by atoms with E-state index in [1.165, 1.54) is 19.8 Å². The molecule has 1 aromatic heterocycles. The minimum Gasteiger partial charge on any atom is -0.507 e. The van der Waals surface area contributed by atoms with E-state index in [9.17, 15) is 18.3 Å². The molecule has 1 aliphatic carbocycles. The minimum atomic E-state index is -4.51. The number of phenolic OH excluding ortho intramolecular Hbond substituents is 1. The molecule has 4 nitrogen and oxygen atoms in total. The zero-order valence-electron chi connectivity index (χ0n) is 14.8. The SMILES string of the molecule is Cc1cc(C(F)(F)F)cc(O)c1-c1ccc2c(n1)=N/[N+](=C\C1CCCC1)C=2. The molecule has 2 aromatic rings. The Kier molecular flexibility index (Phi) is 4.25. The topological polar surface area (TPSA) is 48.5 Å². The van der Waals surface area contributed by atoms with Crippen LogP contribution in [0.3, 0.4) is 0 Å². The molecule has 1 saturated carbocycles. The van der Waals surface area contributed by atoms with Crippen LogP contribution in [-0.4, -0.2) is 21.0 Å². The van der Waals surface area contributed by atoms with Gasteiger partial charge in [0.15, 0.2) is 6.21 Å². The van der Waals surface area contributed by atoms with E-state index in [1.54, 1.807) is 10.8 Å². The molecule has 0 atom stereocenters. The maximum atomic E-state index is 12.9. The molecule has 2 aliphatic rings. The van der Waals surface area contributed by atoms with Crippen molar-refractivity contribution in [3.63, 3.8) is 0 Å². The second kappa shape index (κ2) is 6.48. The zero-order valence-corrected chi connectivity index (χ0v) is 14.8. The minimum absolute atomic E-state index is 0.291. The number of hydrogen-bond acceptors (Lipinski definition) is 3. The number of rotatable bonds is 2. The van der Waals surface area contributed by atoms with Crippen molar-refractivity contribution in [2.45, 2.75) is 38.8 Å². The van der Waals surface area contributed by atoms with Crippen LogP contribution in [0.15, 0.2) is 29.4 Å². The summed E-state index contributed by atoms with van der Waals surface area (Å²) in [5, 5.41) is 15.5. The van der Waals surface area contributed by atoms with E-state index in [0.717, 1.165) is 30.2 Å². The van der Waals surface area contributed by atoms with Gasteiger partial charge in [-0.15, -0.1) is 0 Å². The van der Waals surface area contributed by atoms with Gasteiger partial charge in [0, 0.05) is 16.6 Å². The summed E-state index contributed by atoms with van der Waals surface area (Å²) in [6, 6.07) is 5.27. The highest BCUT2D eigenvalue weighted by atomic mass is 19.4. The number of aromatic hydroxyl groups is 1. The van der Waals surface area contributed by atoms with Crippen LogP contribution >= 0.6 is 0 Å². The lowest BCUT2D eigenvalue weighted by molar-refractivity contribution is -0.424. The van der Waals surface area contributed by atoms with E-state index in [-0.39, 0.29) is 0 Å². The van der Waals surface area contributed by atoms with Crippen molar-refractivity contribution in [2.75, 3.05) is 0 Å². The second-order valence-electron chi connectivity index (χ2n) is 7.10. The molecule has 1 N–H and O–H groups in total. The van der Waals surface area contributed by atoms with Crippen molar-refractivity contribution < 1.29 is 23.0 Å². The molecular weight excluding hydrogens is 355 g/mol. The van der Waals surface area contributed by atoms with Crippen LogP contribution in [0.5, 0.6) is 5.75 Å². The van der Waals surface area contributed by atoms with Gasteiger partial charge in [-0.1, -0.05) is 17.5 Å². The maximum Gasteiger partial charge on any atom is 0.416 e. The van der Waals surface area contributed by atoms with Crippen LogP contribution in [0.1, 0.15) is 36.8 Å². The molecule has 140 valence electrons. The first kappa shape index (κ1) is 17.7. The van der Waals surface area contributed by atoms with Crippen molar-refractivity contribution in [2.24, 2.45) is 11.0 Å². The van der Waals surface area contributed by atoms with Crippen molar-refractivity contribution >= 4 is 12.4 Å². The van der Waals surface area contributed by atoms with E-state index in [2.05, 4.69) is 16.3 Å². The number of aryl methyl sites for hydroxylation is 1. The van der Waals surface area contributed by atoms with Gasteiger partial charge in [-0.05, 0) is 49.6 Å². The Labute approximate surface area is 154 Å². The molecule has 4 rings (SSSR count). The Balaban J connectivity index is 1.74. The van der Waals surface area contributed by atoms with Crippen molar-refractivity contribution in [1.29, 1.82) is 0 Å². The smallest absolute Gasteiger partial charge is 0.416 e. The van der Waals surface area contributed by atoms with Crippen LogP contribution < -0.4 is 10.7 Å². The molecule has 1 fully saturated rings. The Hall–Kier alpha value is -2.70. The fourth-order valence-corrected chi connectivity index (χ4v) is 3.72. The summed E-state index contributed by atoms with van der Waals surface area (Å²) in [6.45, 7) is 1.53. The average molecular weight is 374 g/mol. The predicted octanol–water partition coefficient (Wildman–Crippen LogP) is 3.34. The van der Waals surface area contributed by atoms with Gasteiger partial charge in [-0.25, -0.2) is 4.98 Å². The van der Waals surface area contributed by atoms with Crippen LogP contribution in [-0.2, 0) is 6.18 Å². The first-order valence-electron chi connectivity index (χ1n) is 8.93. The summed E-state index contributed by atoms with van der Waals surface area (Å²) in [6.07, 6.45) is 4.26. The first-order valence-corrected chi connectivity index (χ1v) is 8.93. The summed E-state index contributed by atoms with van der Waals surface area (Å²) >= 11 is 0. The lowest BCUT2D eigenvalue weighted by Crippen LogP contribution is -2.25. The highest BCUT2D eigenvalue weighted by Crippen LogP contribution is 2.38. The Morgan fingerprint density at radius 2 is 1.93 bits per heavy atom. The summed E-state index contributed by atoms with van der Waals surface area (Å²) < 4.78 is 40.5. The van der Waals surface area contributed by atoms with Crippen molar-refractivity contribution in [1.82, 2.24) is 4.98 Å². The molecule has 2 heterocycles. The first-order chi connectivity index (χ1) is 12.8. The highest BCUT2D eigenvalue weighted by Gasteiger charge is 2.32. The van der Waals surface area contributed by atoms with E-state index in [0.29, 0.717) is 28.2 Å². The third-order valence-electron chi connectivity index (χ3n) is 5.05. The molecule has 0 bridgehead atoms. The number of halogens is 3. The number of nitrogens with zero attached hydrogens (tertiary/aromatic N) is 3. The molecular formula is C20H19F3N3O+. The predicted molar refractivity (Wildman–Crippen MR) is 94.6 cm³/mol. The molecule has 1 aliphatic heterocycles. The molecule has 0 spiro atoms. The highest BCUT2D eigenvalue weighted by molar-refractivity contribution is 5.71. The molecule has 27 heavy (non-hydrogen) atoms. The Morgan fingerprint density at radius 1 is 1.19 bits per heavy atom. The molecule has 7 heteroatoms. The standard InChI is InChI=1S/C20H18F3N3O/c1-12-8-15(20(21,22)23)9-17(27)18(12)16-7-6-14-11-26(25-19(14)24-16)10-13-4-2-3-5-13/h6-11,13H,2-5H2,1H3/p+1/b26-10-. The number of phenols is 1. The lowest BCUT2D eigenvalue weighted by atomic mass is 10.0. The third kappa shape index (κ3) is 3.46.